The molecule has 1 aliphatic carbocycles. The Morgan fingerprint density at radius 3 is 2.62 bits per heavy atom. The molecule has 0 aromatic heterocycles. The molecular formula is C21H29NO4. The van der Waals surface area contributed by atoms with E-state index < -0.39 is 5.60 Å². The number of hydrogen-bond acceptors (Lipinski definition) is 4. The second kappa shape index (κ2) is 7.29. The number of hydrogen-bond donors (Lipinski definition) is 1. The van der Waals surface area contributed by atoms with Crippen molar-refractivity contribution in [3.63, 3.8) is 0 Å². The van der Waals surface area contributed by atoms with Gasteiger partial charge in [-0.3, -0.25) is 9.59 Å². The highest BCUT2D eigenvalue weighted by Gasteiger charge is 2.37. The van der Waals surface area contributed by atoms with Gasteiger partial charge in [0.15, 0.2) is 0 Å². The third-order valence-electron chi connectivity index (χ3n) is 5.00. The van der Waals surface area contributed by atoms with Gasteiger partial charge in [0.05, 0.1) is 12.5 Å². The van der Waals surface area contributed by atoms with Crippen LogP contribution in [0, 0.1) is 11.8 Å². The van der Waals surface area contributed by atoms with E-state index in [-0.39, 0.29) is 30.3 Å². The lowest BCUT2D eigenvalue weighted by Crippen LogP contribution is -2.32. The number of aryl methyl sites for hydroxylation is 1. The van der Waals surface area contributed by atoms with E-state index >= 15 is 0 Å². The third-order valence-corrected chi connectivity index (χ3v) is 5.00. The lowest BCUT2D eigenvalue weighted by molar-refractivity contribution is -0.153. The summed E-state index contributed by atoms with van der Waals surface area (Å²) in [5.41, 5.74) is 7.14. The molecule has 0 bridgehead atoms. The predicted octanol–water partition coefficient (Wildman–Crippen LogP) is 3.17. The molecule has 1 aliphatic heterocycles. The fourth-order valence-corrected chi connectivity index (χ4v) is 3.64. The minimum absolute atomic E-state index is 0.0392. The zero-order chi connectivity index (χ0) is 18.9. The molecular weight excluding hydrogens is 330 g/mol. The molecule has 0 unspecified atom stereocenters. The highest BCUT2D eigenvalue weighted by atomic mass is 16.6. The number of nitrogens with two attached hydrogens (primary N) is 1. The number of benzene rings is 1. The van der Waals surface area contributed by atoms with Crippen molar-refractivity contribution in [2.75, 3.05) is 0 Å². The van der Waals surface area contributed by atoms with Crippen LogP contribution in [0.25, 0.3) is 0 Å². The van der Waals surface area contributed by atoms with Crippen LogP contribution >= 0.6 is 0 Å². The van der Waals surface area contributed by atoms with Gasteiger partial charge in [-0.15, -0.1) is 0 Å². The summed E-state index contributed by atoms with van der Waals surface area (Å²) in [6.07, 6.45) is 4.98. The van der Waals surface area contributed by atoms with Crippen LogP contribution in [-0.4, -0.2) is 23.6 Å². The van der Waals surface area contributed by atoms with E-state index in [1.54, 1.807) is 0 Å². The second-order valence-electron chi connectivity index (χ2n) is 8.57. The number of primary amides is 1. The third kappa shape index (κ3) is 4.99. The standard InChI is InChI=1S/C21H29NO4/c1-21(2,3)26-19(23)11-13-4-9-18-15(10-13)7-8-16(25-18)12-17(20(22)24)14-5-6-14/h4,9-10,14,16-17H,5-8,11-12H2,1-3H3,(H2,22,24)/t16-,17-/m1/s1. The molecule has 2 aliphatic rings. The van der Waals surface area contributed by atoms with Gasteiger partial charge in [0.25, 0.3) is 0 Å². The molecule has 3 rings (SSSR count). The maximum atomic E-state index is 12.0. The Kier molecular flexibility index (Phi) is 5.26. The first-order valence-corrected chi connectivity index (χ1v) is 9.51. The highest BCUT2D eigenvalue weighted by molar-refractivity contribution is 5.77. The summed E-state index contributed by atoms with van der Waals surface area (Å²) in [6, 6.07) is 5.87. The summed E-state index contributed by atoms with van der Waals surface area (Å²) in [4.78, 5) is 23.7. The molecule has 0 saturated heterocycles. The van der Waals surface area contributed by atoms with Crippen LogP contribution in [0.2, 0.25) is 0 Å². The van der Waals surface area contributed by atoms with Crippen molar-refractivity contribution in [3.8, 4) is 5.75 Å². The highest BCUT2D eigenvalue weighted by Crippen LogP contribution is 2.40. The van der Waals surface area contributed by atoms with Gasteiger partial charge in [-0.2, -0.15) is 0 Å². The van der Waals surface area contributed by atoms with Crippen LogP contribution in [0.3, 0.4) is 0 Å². The van der Waals surface area contributed by atoms with Crippen molar-refractivity contribution in [1.82, 2.24) is 0 Å². The van der Waals surface area contributed by atoms with Gasteiger partial charge in [0, 0.05) is 5.92 Å². The van der Waals surface area contributed by atoms with Crippen molar-refractivity contribution in [1.29, 1.82) is 0 Å². The lowest BCUT2D eigenvalue weighted by Gasteiger charge is -2.28. The molecule has 0 spiro atoms. The molecule has 5 nitrogen and oxygen atoms in total. The molecule has 142 valence electrons. The van der Waals surface area contributed by atoms with E-state index in [4.69, 9.17) is 15.2 Å². The van der Waals surface area contributed by atoms with Crippen LogP contribution < -0.4 is 10.5 Å². The van der Waals surface area contributed by atoms with E-state index in [0.717, 1.165) is 42.6 Å². The van der Waals surface area contributed by atoms with E-state index in [0.29, 0.717) is 12.3 Å². The number of fused-ring (bicyclic) bond motifs is 1. The number of rotatable bonds is 6. The number of esters is 1. The normalized spacial score (nSPS) is 20.7. The summed E-state index contributed by atoms with van der Waals surface area (Å²) in [6.45, 7) is 5.60. The molecule has 5 heteroatoms. The Labute approximate surface area is 155 Å². The summed E-state index contributed by atoms with van der Waals surface area (Å²) >= 11 is 0. The molecule has 1 fully saturated rings. The van der Waals surface area contributed by atoms with Crippen LogP contribution in [0.4, 0.5) is 0 Å². The molecule has 26 heavy (non-hydrogen) atoms. The molecule has 0 radical (unpaired) electrons. The molecule has 1 amide bonds. The Morgan fingerprint density at radius 2 is 2.00 bits per heavy atom. The zero-order valence-corrected chi connectivity index (χ0v) is 15.9. The van der Waals surface area contributed by atoms with Gasteiger partial charge in [0.2, 0.25) is 5.91 Å². The fraction of sp³-hybridized carbons (Fsp3) is 0.619. The van der Waals surface area contributed by atoms with Gasteiger partial charge < -0.3 is 15.2 Å². The van der Waals surface area contributed by atoms with Crippen LogP contribution in [-0.2, 0) is 27.2 Å². The van der Waals surface area contributed by atoms with E-state index in [2.05, 4.69) is 0 Å². The Bertz CT molecular complexity index is 688. The van der Waals surface area contributed by atoms with Crippen LogP contribution in [0.5, 0.6) is 5.75 Å². The zero-order valence-electron chi connectivity index (χ0n) is 15.9. The lowest BCUT2D eigenvalue weighted by atomic mass is 9.90. The topological polar surface area (TPSA) is 78.6 Å². The molecule has 1 saturated carbocycles. The quantitative estimate of drug-likeness (QED) is 0.791. The number of carbonyl (C=O) groups excluding carboxylic acids is 2. The average Bonchev–Trinajstić information content (AvgIpc) is 3.35. The van der Waals surface area contributed by atoms with Crippen LogP contribution in [0.15, 0.2) is 18.2 Å². The minimum Gasteiger partial charge on any atom is -0.490 e. The van der Waals surface area contributed by atoms with E-state index in [9.17, 15) is 9.59 Å². The predicted molar refractivity (Wildman–Crippen MR) is 98.8 cm³/mol. The van der Waals surface area contributed by atoms with Gasteiger partial charge in [-0.05, 0) is 76.0 Å². The molecule has 1 heterocycles. The fourth-order valence-electron chi connectivity index (χ4n) is 3.64. The van der Waals surface area contributed by atoms with Crippen molar-refractivity contribution in [2.24, 2.45) is 17.6 Å². The molecule has 1 aromatic rings. The molecule has 2 N–H and O–H groups in total. The van der Waals surface area contributed by atoms with Crippen LogP contribution in [0.1, 0.15) is 57.6 Å². The Morgan fingerprint density at radius 1 is 1.27 bits per heavy atom. The first-order chi connectivity index (χ1) is 12.2. The number of ether oxygens (including phenoxy) is 2. The first-order valence-electron chi connectivity index (χ1n) is 9.51. The summed E-state index contributed by atoms with van der Waals surface area (Å²) < 4.78 is 11.5. The number of amides is 1. The molecule has 2 atom stereocenters. The summed E-state index contributed by atoms with van der Waals surface area (Å²) in [7, 11) is 0. The average molecular weight is 359 g/mol. The van der Waals surface area contributed by atoms with Gasteiger partial charge in [0.1, 0.15) is 11.4 Å². The van der Waals surface area contributed by atoms with Crippen molar-refractivity contribution in [2.45, 2.75) is 71.0 Å². The largest absolute Gasteiger partial charge is 0.490 e. The van der Waals surface area contributed by atoms with Gasteiger partial charge >= 0.3 is 5.97 Å². The monoisotopic (exact) mass is 359 g/mol. The number of carbonyl (C=O) groups is 2. The smallest absolute Gasteiger partial charge is 0.310 e. The van der Waals surface area contributed by atoms with Gasteiger partial charge in [-0.25, -0.2) is 0 Å². The SMILES string of the molecule is CC(C)(C)OC(=O)Cc1ccc2c(c1)CC[C@H](C[C@@H](C(N)=O)C1CC1)O2. The maximum absolute atomic E-state index is 12.0. The molecule has 1 aromatic carbocycles. The summed E-state index contributed by atoms with van der Waals surface area (Å²) in [5, 5.41) is 0. The minimum atomic E-state index is -0.472. The first kappa shape index (κ1) is 18.7. The van der Waals surface area contributed by atoms with E-state index in [1.165, 1.54) is 0 Å². The second-order valence-corrected chi connectivity index (χ2v) is 8.57. The van der Waals surface area contributed by atoms with Crippen molar-refractivity contribution >= 4 is 11.9 Å². The Balaban J connectivity index is 1.60. The van der Waals surface area contributed by atoms with Crippen molar-refractivity contribution in [3.05, 3.63) is 29.3 Å². The van der Waals surface area contributed by atoms with Crippen molar-refractivity contribution < 1.29 is 19.1 Å². The maximum Gasteiger partial charge on any atom is 0.310 e. The van der Waals surface area contributed by atoms with Gasteiger partial charge in [-0.1, -0.05) is 12.1 Å². The Hall–Kier alpha value is -2.04. The van der Waals surface area contributed by atoms with E-state index in [1.807, 2.05) is 39.0 Å². The summed E-state index contributed by atoms with van der Waals surface area (Å²) in [5.74, 6) is 0.824.